The van der Waals surface area contributed by atoms with Gasteiger partial charge in [-0.15, -0.1) is 0 Å². The van der Waals surface area contributed by atoms with Gasteiger partial charge in [-0.05, 0) is 25.0 Å². The summed E-state index contributed by atoms with van der Waals surface area (Å²) in [5.41, 5.74) is 2.37. The summed E-state index contributed by atoms with van der Waals surface area (Å²) in [5, 5.41) is 0. The summed E-state index contributed by atoms with van der Waals surface area (Å²) in [6, 6.07) is 1.99. The van der Waals surface area contributed by atoms with Gasteiger partial charge in [0.05, 0.1) is 21.3 Å². The molecular formula is C13H20O3. The highest BCUT2D eigenvalue weighted by Crippen LogP contribution is 2.42. The standard InChI is InChI=1S/C13H20O3/c1-6-7-10-9(2)8-11(14-3)13(16-5)12(10)15-4/h8H,6-7H2,1-5H3. The zero-order valence-corrected chi connectivity index (χ0v) is 10.7. The van der Waals surface area contributed by atoms with Crippen molar-refractivity contribution in [3.8, 4) is 17.2 Å². The van der Waals surface area contributed by atoms with Gasteiger partial charge in [0, 0.05) is 5.56 Å². The maximum absolute atomic E-state index is 5.44. The molecule has 0 N–H and O–H groups in total. The van der Waals surface area contributed by atoms with Gasteiger partial charge in [0.1, 0.15) is 0 Å². The number of ether oxygens (including phenoxy) is 3. The van der Waals surface area contributed by atoms with Gasteiger partial charge in [0.25, 0.3) is 0 Å². The van der Waals surface area contributed by atoms with Crippen LogP contribution in [0.2, 0.25) is 0 Å². The fraction of sp³-hybridized carbons (Fsp3) is 0.538. The fourth-order valence-electron chi connectivity index (χ4n) is 1.90. The summed E-state index contributed by atoms with van der Waals surface area (Å²) in [7, 11) is 4.93. The number of benzene rings is 1. The van der Waals surface area contributed by atoms with E-state index in [0.29, 0.717) is 5.75 Å². The van der Waals surface area contributed by atoms with Gasteiger partial charge in [0.15, 0.2) is 11.5 Å². The third-order valence-electron chi connectivity index (χ3n) is 2.66. The zero-order valence-electron chi connectivity index (χ0n) is 10.7. The van der Waals surface area contributed by atoms with Crippen LogP contribution in [0.4, 0.5) is 0 Å². The first kappa shape index (κ1) is 12.7. The van der Waals surface area contributed by atoms with Crippen molar-refractivity contribution in [2.45, 2.75) is 26.7 Å². The molecule has 0 aliphatic heterocycles. The van der Waals surface area contributed by atoms with Gasteiger partial charge in [-0.25, -0.2) is 0 Å². The van der Waals surface area contributed by atoms with Crippen molar-refractivity contribution >= 4 is 0 Å². The Labute approximate surface area is 97.3 Å². The molecule has 0 aliphatic carbocycles. The van der Waals surface area contributed by atoms with Gasteiger partial charge in [-0.1, -0.05) is 13.3 Å². The van der Waals surface area contributed by atoms with E-state index in [1.165, 1.54) is 11.1 Å². The van der Waals surface area contributed by atoms with Gasteiger partial charge in [0.2, 0.25) is 5.75 Å². The third kappa shape index (κ3) is 2.23. The maximum atomic E-state index is 5.44. The molecule has 0 atom stereocenters. The first-order chi connectivity index (χ1) is 7.69. The summed E-state index contributed by atoms with van der Waals surface area (Å²) in [5.74, 6) is 2.19. The SMILES string of the molecule is CCCc1c(C)cc(OC)c(OC)c1OC. The normalized spacial score (nSPS) is 10.1. The summed E-state index contributed by atoms with van der Waals surface area (Å²) < 4.78 is 16.1. The van der Waals surface area contributed by atoms with Gasteiger partial charge in [-0.2, -0.15) is 0 Å². The summed E-state index contributed by atoms with van der Waals surface area (Å²) in [6.07, 6.45) is 2.06. The lowest BCUT2D eigenvalue weighted by Gasteiger charge is -2.17. The van der Waals surface area contributed by atoms with Crippen molar-refractivity contribution in [3.05, 3.63) is 17.2 Å². The molecule has 0 bridgehead atoms. The molecule has 0 amide bonds. The molecule has 3 heteroatoms. The topological polar surface area (TPSA) is 27.7 Å². The molecule has 1 aromatic carbocycles. The highest BCUT2D eigenvalue weighted by molar-refractivity contribution is 5.58. The van der Waals surface area contributed by atoms with E-state index >= 15 is 0 Å². The summed E-state index contributed by atoms with van der Waals surface area (Å²) in [4.78, 5) is 0. The molecule has 0 aromatic heterocycles. The van der Waals surface area contributed by atoms with E-state index in [2.05, 4.69) is 13.8 Å². The second-order valence-corrected chi connectivity index (χ2v) is 3.69. The van der Waals surface area contributed by atoms with E-state index in [0.717, 1.165) is 24.3 Å². The van der Waals surface area contributed by atoms with Crippen LogP contribution >= 0.6 is 0 Å². The van der Waals surface area contributed by atoms with Crippen LogP contribution in [0.3, 0.4) is 0 Å². The Kier molecular flexibility index (Phi) is 4.47. The van der Waals surface area contributed by atoms with E-state index in [-0.39, 0.29) is 0 Å². The van der Waals surface area contributed by atoms with Crippen LogP contribution in [0.1, 0.15) is 24.5 Å². The summed E-state index contributed by atoms with van der Waals surface area (Å²) >= 11 is 0. The Morgan fingerprint density at radius 2 is 1.62 bits per heavy atom. The maximum Gasteiger partial charge on any atom is 0.203 e. The average molecular weight is 224 g/mol. The predicted octanol–water partition coefficient (Wildman–Crippen LogP) is 2.97. The molecule has 0 unspecified atom stereocenters. The van der Waals surface area contributed by atoms with Crippen molar-refractivity contribution in [1.82, 2.24) is 0 Å². The molecular weight excluding hydrogens is 204 g/mol. The minimum atomic E-state index is 0.680. The second kappa shape index (κ2) is 5.64. The second-order valence-electron chi connectivity index (χ2n) is 3.69. The molecule has 0 heterocycles. The van der Waals surface area contributed by atoms with E-state index < -0.39 is 0 Å². The molecule has 0 spiro atoms. The molecule has 90 valence electrons. The Morgan fingerprint density at radius 1 is 1.00 bits per heavy atom. The van der Waals surface area contributed by atoms with Gasteiger partial charge < -0.3 is 14.2 Å². The molecule has 0 radical (unpaired) electrons. The largest absolute Gasteiger partial charge is 0.493 e. The molecule has 0 saturated heterocycles. The van der Waals surface area contributed by atoms with Crippen LogP contribution in [0.25, 0.3) is 0 Å². The van der Waals surface area contributed by atoms with E-state index in [1.807, 2.05) is 6.07 Å². The molecule has 0 saturated carbocycles. The number of aryl methyl sites for hydroxylation is 1. The van der Waals surface area contributed by atoms with Crippen molar-refractivity contribution in [2.75, 3.05) is 21.3 Å². The molecule has 16 heavy (non-hydrogen) atoms. The lowest BCUT2D eigenvalue weighted by atomic mass is 10.0. The van der Waals surface area contributed by atoms with E-state index in [1.54, 1.807) is 21.3 Å². The zero-order chi connectivity index (χ0) is 12.1. The van der Waals surface area contributed by atoms with E-state index in [9.17, 15) is 0 Å². The Morgan fingerprint density at radius 3 is 2.06 bits per heavy atom. The van der Waals surface area contributed by atoms with E-state index in [4.69, 9.17) is 14.2 Å². The third-order valence-corrected chi connectivity index (χ3v) is 2.66. The molecule has 0 fully saturated rings. The molecule has 1 aromatic rings. The molecule has 3 nitrogen and oxygen atoms in total. The minimum Gasteiger partial charge on any atom is -0.493 e. The number of hydrogen-bond donors (Lipinski definition) is 0. The minimum absolute atomic E-state index is 0.680. The van der Waals surface area contributed by atoms with Crippen molar-refractivity contribution in [2.24, 2.45) is 0 Å². The van der Waals surface area contributed by atoms with Crippen LogP contribution in [0.5, 0.6) is 17.2 Å². The number of rotatable bonds is 5. The Bertz CT molecular complexity index is 359. The average Bonchev–Trinajstić information content (AvgIpc) is 2.30. The van der Waals surface area contributed by atoms with Crippen LogP contribution in [-0.2, 0) is 6.42 Å². The lowest BCUT2D eigenvalue weighted by Crippen LogP contribution is -2.01. The molecule has 0 aliphatic rings. The fourth-order valence-corrected chi connectivity index (χ4v) is 1.90. The first-order valence-electron chi connectivity index (χ1n) is 5.48. The number of methoxy groups -OCH3 is 3. The number of hydrogen-bond acceptors (Lipinski definition) is 3. The first-order valence-corrected chi connectivity index (χ1v) is 5.48. The van der Waals surface area contributed by atoms with Crippen molar-refractivity contribution < 1.29 is 14.2 Å². The Balaban J connectivity index is 3.38. The highest BCUT2D eigenvalue weighted by atomic mass is 16.5. The quantitative estimate of drug-likeness (QED) is 0.769. The van der Waals surface area contributed by atoms with Gasteiger partial charge >= 0.3 is 0 Å². The van der Waals surface area contributed by atoms with Crippen molar-refractivity contribution in [3.63, 3.8) is 0 Å². The van der Waals surface area contributed by atoms with Crippen LogP contribution < -0.4 is 14.2 Å². The Hall–Kier alpha value is -1.38. The van der Waals surface area contributed by atoms with Crippen LogP contribution in [-0.4, -0.2) is 21.3 Å². The highest BCUT2D eigenvalue weighted by Gasteiger charge is 2.17. The predicted molar refractivity (Wildman–Crippen MR) is 64.8 cm³/mol. The molecule has 1 rings (SSSR count). The smallest absolute Gasteiger partial charge is 0.203 e. The van der Waals surface area contributed by atoms with Crippen LogP contribution in [0, 0.1) is 6.92 Å². The van der Waals surface area contributed by atoms with Crippen molar-refractivity contribution in [1.29, 1.82) is 0 Å². The monoisotopic (exact) mass is 224 g/mol. The van der Waals surface area contributed by atoms with Crippen LogP contribution in [0.15, 0.2) is 6.07 Å². The lowest BCUT2D eigenvalue weighted by molar-refractivity contribution is 0.321. The van der Waals surface area contributed by atoms with Gasteiger partial charge in [-0.3, -0.25) is 0 Å². The summed E-state index contributed by atoms with van der Waals surface area (Å²) in [6.45, 7) is 4.21.